The van der Waals surface area contributed by atoms with Gasteiger partial charge in [0.25, 0.3) is 0 Å². The number of benzene rings is 9. The van der Waals surface area contributed by atoms with Crippen LogP contribution in [0.2, 0.25) is 0 Å². The lowest BCUT2D eigenvalue weighted by atomic mass is 9.82. The average molecular weight is 785 g/mol. The zero-order valence-electron chi connectivity index (χ0n) is 35.2. The fourth-order valence-corrected chi connectivity index (χ4v) is 10.7. The maximum absolute atomic E-state index is 2.51. The molecule has 2 heteroatoms. The summed E-state index contributed by atoms with van der Waals surface area (Å²) >= 11 is 0. The van der Waals surface area contributed by atoms with Crippen LogP contribution >= 0.6 is 0 Å². The van der Waals surface area contributed by atoms with E-state index in [2.05, 4.69) is 243 Å². The van der Waals surface area contributed by atoms with Crippen molar-refractivity contribution in [3.8, 4) is 39.1 Å². The molecule has 0 radical (unpaired) electrons. The summed E-state index contributed by atoms with van der Waals surface area (Å²) < 4.78 is 2.51. The number of nitrogens with zero attached hydrogens (tertiary/aromatic N) is 2. The lowest BCUT2D eigenvalue weighted by Gasteiger charge is -2.26. The summed E-state index contributed by atoms with van der Waals surface area (Å²) in [4.78, 5) is 2.40. The maximum Gasteiger partial charge on any atom is 0.0562 e. The first-order valence-electron chi connectivity index (χ1n) is 21.6. The minimum absolute atomic E-state index is 0.0827. The van der Waals surface area contributed by atoms with Crippen LogP contribution in [0, 0.1) is 0 Å². The predicted octanol–water partition coefficient (Wildman–Crippen LogP) is 16.4. The molecule has 0 N–H and O–H groups in total. The van der Waals surface area contributed by atoms with Gasteiger partial charge in [-0.05, 0) is 127 Å². The zero-order chi connectivity index (χ0) is 41.3. The van der Waals surface area contributed by atoms with Crippen LogP contribution < -0.4 is 4.90 Å². The first kappa shape index (κ1) is 36.9. The topological polar surface area (TPSA) is 8.17 Å². The largest absolute Gasteiger partial charge is 0.310 e. The molecule has 1 aliphatic rings. The van der Waals surface area contributed by atoms with Crippen molar-refractivity contribution in [1.29, 1.82) is 0 Å². The van der Waals surface area contributed by atoms with Crippen LogP contribution in [0.5, 0.6) is 0 Å². The lowest BCUT2D eigenvalue weighted by Crippen LogP contribution is -2.18. The van der Waals surface area contributed by atoms with E-state index in [-0.39, 0.29) is 10.8 Å². The van der Waals surface area contributed by atoms with Crippen LogP contribution in [0.3, 0.4) is 0 Å². The van der Waals surface area contributed by atoms with E-state index in [0.29, 0.717) is 0 Å². The van der Waals surface area contributed by atoms with Gasteiger partial charge in [-0.1, -0.05) is 179 Å². The maximum atomic E-state index is 2.51. The molecule has 9 aromatic carbocycles. The van der Waals surface area contributed by atoms with Gasteiger partial charge in [-0.3, -0.25) is 0 Å². The molecule has 0 spiro atoms. The van der Waals surface area contributed by atoms with Crippen molar-refractivity contribution in [3.05, 3.63) is 217 Å². The lowest BCUT2D eigenvalue weighted by molar-refractivity contribution is 0.403. The number of hydrogen-bond donors (Lipinski definition) is 0. The second-order valence-electron chi connectivity index (χ2n) is 18.1. The third-order valence-electron chi connectivity index (χ3n) is 13.2. The van der Waals surface area contributed by atoms with E-state index in [9.17, 15) is 0 Å². The molecule has 0 saturated carbocycles. The van der Waals surface area contributed by atoms with Crippen LogP contribution in [-0.2, 0) is 10.8 Å². The van der Waals surface area contributed by atoms with E-state index < -0.39 is 0 Å². The molecule has 10 aromatic rings. The molecule has 1 aromatic heterocycles. The van der Waals surface area contributed by atoms with E-state index >= 15 is 0 Å². The minimum atomic E-state index is 0.0827. The molecule has 2 nitrogen and oxygen atoms in total. The summed E-state index contributed by atoms with van der Waals surface area (Å²) in [5.74, 6) is 0. The molecule has 1 aliphatic carbocycles. The van der Waals surface area contributed by atoms with E-state index in [0.717, 1.165) is 23.5 Å². The third kappa shape index (κ3) is 6.17. The molecule has 1 heterocycles. The van der Waals surface area contributed by atoms with Crippen LogP contribution in [0.15, 0.2) is 206 Å². The highest BCUT2D eigenvalue weighted by Crippen LogP contribution is 2.51. The molecule has 0 aliphatic heterocycles. The summed E-state index contributed by atoms with van der Waals surface area (Å²) in [6, 6.07) is 75.9. The van der Waals surface area contributed by atoms with Crippen molar-refractivity contribution in [2.24, 2.45) is 0 Å². The number of hydrogen-bond acceptors (Lipinski definition) is 1. The predicted molar refractivity (Wildman–Crippen MR) is 260 cm³/mol. The van der Waals surface area contributed by atoms with Gasteiger partial charge < -0.3 is 9.47 Å². The number of para-hydroxylation sites is 1. The molecule has 0 unspecified atom stereocenters. The van der Waals surface area contributed by atoms with Gasteiger partial charge in [0.05, 0.1) is 11.0 Å². The van der Waals surface area contributed by atoms with Crippen LogP contribution in [-0.4, -0.2) is 4.57 Å². The summed E-state index contributed by atoms with van der Waals surface area (Å²) in [5, 5.41) is 5.03. The molecule has 0 fully saturated rings. The van der Waals surface area contributed by atoms with Gasteiger partial charge in [-0.25, -0.2) is 0 Å². The highest BCUT2D eigenvalue weighted by atomic mass is 15.1. The minimum Gasteiger partial charge on any atom is -0.310 e. The number of rotatable bonds is 7. The van der Waals surface area contributed by atoms with Gasteiger partial charge in [0.15, 0.2) is 0 Å². The van der Waals surface area contributed by atoms with Gasteiger partial charge in [0.2, 0.25) is 0 Å². The number of anilines is 3. The van der Waals surface area contributed by atoms with Crippen molar-refractivity contribution in [3.63, 3.8) is 0 Å². The third-order valence-corrected chi connectivity index (χ3v) is 13.2. The Morgan fingerprint density at radius 3 is 1.56 bits per heavy atom. The van der Waals surface area contributed by atoms with E-state index in [4.69, 9.17) is 0 Å². The Hall–Kier alpha value is -7.16. The summed E-state index contributed by atoms with van der Waals surface area (Å²) in [7, 11) is 0. The number of fused-ring (bicyclic) bond motifs is 5. The van der Waals surface area contributed by atoms with Gasteiger partial charge in [0.1, 0.15) is 0 Å². The van der Waals surface area contributed by atoms with Crippen LogP contribution in [0.25, 0.3) is 71.6 Å². The second-order valence-corrected chi connectivity index (χ2v) is 18.1. The van der Waals surface area contributed by atoms with Gasteiger partial charge in [0, 0.05) is 33.5 Å². The molecule has 0 atom stereocenters. The average Bonchev–Trinajstić information content (AvgIpc) is 3.72. The Morgan fingerprint density at radius 2 is 0.918 bits per heavy atom. The SMILES string of the molecule is CC1(C)CC(C)(C)c2cc(-n3c4cc(N(c5ccccc5)c5ccc(-c6cccc7cccc(-c8ccccc8)c67)cc5)ccc4c4c(-c5ccccc5)cccc43)ccc21. The standard InChI is InChI=1S/C59H48N2/c1-58(2)39-59(3,4)53-37-46(34-36-52(53)58)61-54-28-16-27-50(41-19-10-6-11-20-41)57(54)51-35-33-47(38-55(51)61)60(44-23-12-7-13-24-44)45-31-29-42(30-32-45)49-26-15-22-43-21-14-25-48(56(43)49)40-17-8-5-9-18-40/h5-38H,39H2,1-4H3. The number of aromatic nitrogens is 1. The first-order valence-corrected chi connectivity index (χ1v) is 21.6. The highest BCUT2D eigenvalue weighted by Gasteiger charge is 2.42. The fraction of sp³-hybridized carbons (Fsp3) is 0.119. The van der Waals surface area contributed by atoms with E-state index in [1.165, 1.54) is 82.8 Å². The Kier molecular flexibility index (Phi) is 8.61. The Labute approximate surface area is 359 Å². The van der Waals surface area contributed by atoms with Crippen LogP contribution in [0.1, 0.15) is 45.2 Å². The van der Waals surface area contributed by atoms with Crippen molar-refractivity contribution in [2.45, 2.75) is 44.9 Å². The van der Waals surface area contributed by atoms with E-state index in [1.807, 2.05) is 0 Å². The highest BCUT2D eigenvalue weighted by molar-refractivity contribution is 6.16. The molecule has 0 bridgehead atoms. The Balaban J connectivity index is 1.10. The zero-order valence-corrected chi connectivity index (χ0v) is 35.2. The molecular formula is C59H48N2. The summed E-state index contributed by atoms with van der Waals surface area (Å²) in [6.45, 7) is 9.61. The van der Waals surface area contributed by atoms with E-state index in [1.54, 1.807) is 0 Å². The smallest absolute Gasteiger partial charge is 0.0562 e. The molecular weight excluding hydrogens is 737 g/mol. The van der Waals surface area contributed by atoms with Crippen molar-refractivity contribution >= 4 is 49.6 Å². The van der Waals surface area contributed by atoms with Crippen molar-refractivity contribution in [1.82, 2.24) is 4.57 Å². The normalized spacial score (nSPS) is 14.1. The van der Waals surface area contributed by atoms with Crippen LogP contribution in [0.4, 0.5) is 17.1 Å². The second kappa shape index (κ2) is 14.2. The van der Waals surface area contributed by atoms with Crippen molar-refractivity contribution in [2.75, 3.05) is 4.90 Å². The fourth-order valence-electron chi connectivity index (χ4n) is 10.7. The first-order chi connectivity index (χ1) is 29.7. The molecule has 0 saturated heterocycles. The summed E-state index contributed by atoms with van der Waals surface area (Å²) in [5.41, 5.74) is 17.4. The molecule has 294 valence electrons. The summed E-state index contributed by atoms with van der Waals surface area (Å²) in [6.07, 6.45) is 1.13. The molecule has 11 rings (SSSR count). The van der Waals surface area contributed by atoms with Gasteiger partial charge >= 0.3 is 0 Å². The van der Waals surface area contributed by atoms with Crippen molar-refractivity contribution < 1.29 is 0 Å². The van der Waals surface area contributed by atoms with Gasteiger partial charge in [-0.2, -0.15) is 0 Å². The Bertz CT molecular complexity index is 3240. The van der Waals surface area contributed by atoms with Gasteiger partial charge in [-0.15, -0.1) is 0 Å². The monoisotopic (exact) mass is 784 g/mol. The quantitative estimate of drug-likeness (QED) is 0.156. The molecule has 61 heavy (non-hydrogen) atoms. The molecule has 0 amide bonds. The Morgan fingerprint density at radius 1 is 0.393 bits per heavy atom.